The molecule has 0 saturated carbocycles. The number of ether oxygens (including phenoxy) is 1. The SMILES string of the molecule is CC(=O)NS(=O)(=O)c1ccc(C2=NN(C(C)=O)C(c3ccccc3[N+](=O)[O-])O2)cc1. The number of carbonyl (C=O) groups is 2. The first-order valence-corrected chi connectivity index (χ1v) is 10.0. The van der Waals surface area contributed by atoms with Crippen LogP contribution >= 0.6 is 0 Å². The van der Waals surface area contributed by atoms with E-state index in [9.17, 15) is 28.1 Å². The molecule has 0 fully saturated rings. The van der Waals surface area contributed by atoms with Gasteiger partial charge >= 0.3 is 0 Å². The smallest absolute Gasteiger partial charge is 0.278 e. The summed E-state index contributed by atoms with van der Waals surface area (Å²) in [7, 11) is -4.01. The van der Waals surface area contributed by atoms with E-state index in [-0.39, 0.29) is 22.0 Å². The highest BCUT2D eigenvalue weighted by Crippen LogP contribution is 2.35. The molecule has 0 bridgehead atoms. The average molecular weight is 432 g/mol. The Hall–Kier alpha value is -3.80. The van der Waals surface area contributed by atoms with Crippen molar-refractivity contribution in [2.24, 2.45) is 5.10 Å². The Kier molecular flexibility index (Phi) is 5.52. The number of rotatable bonds is 5. The zero-order valence-electron chi connectivity index (χ0n) is 15.8. The van der Waals surface area contributed by atoms with Crippen LogP contribution in [0.5, 0.6) is 0 Å². The van der Waals surface area contributed by atoms with E-state index in [4.69, 9.17) is 4.74 Å². The molecule has 0 aliphatic carbocycles. The van der Waals surface area contributed by atoms with E-state index in [1.54, 1.807) is 6.07 Å². The molecule has 1 atom stereocenters. The molecule has 0 spiro atoms. The fourth-order valence-electron chi connectivity index (χ4n) is 2.77. The highest BCUT2D eigenvalue weighted by atomic mass is 32.2. The lowest BCUT2D eigenvalue weighted by molar-refractivity contribution is -0.386. The lowest BCUT2D eigenvalue weighted by Crippen LogP contribution is -2.28. The largest absolute Gasteiger partial charge is 0.445 e. The first kappa shape index (κ1) is 20.9. The molecule has 2 amide bonds. The van der Waals surface area contributed by atoms with Crippen molar-refractivity contribution in [2.45, 2.75) is 25.0 Å². The zero-order valence-corrected chi connectivity index (χ0v) is 16.6. The number of benzene rings is 2. The van der Waals surface area contributed by atoms with Crippen molar-refractivity contribution in [2.75, 3.05) is 0 Å². The number of sulfonamides is 1. The first-order valence-electron chi connectivity index (χ1n) is 8.52. The second-order valence-electron chi connectivity index (χ2n) is 6.24. The molecule has 1 heterocycles. The van der Waals surface area contributed by atoms with Gasteiger partial charge in [-0.05, 0) is 30.3 Å². The van der Waals surface area contributed by atoms with Gasteiger partial charge < -0.3 is 4.74 Å². The van der Waals surface area contributed by atoms with Gasteiger partial charge in [0.2, 0.25) is 23.9 Å². The van der Waals surface area contributed by atoms with Crippen LogP contribution in [0.4, 0.5) is 5.69 Å². The third-order valence-electron chi connectivity index (χ3n) is 4.06. The molecule has 30 heavy (non-hydrogen) atoms. The predicted octanol–water partition coefficient (Wildman–Crippen LogP) is 1.66. The van der Waals surface area contributed by atoms with Crippen molar-refractivity contribution in [3.05, 3.63) is 69.8 Å². The van der Waals surface area contributed by atoms with Gasteiger partial charge in [-0.1, -0.05) is 12.1 Å². The summed E-state index contributed by atoms with van der Waals surface area (Å²) in [5, 5.41) is 16.4. The number of hydrogen-bond acceptors (Lipinski definition) is 8. The molecule has 2 aromatic rings. The minimum atomic E-state index is -4.01. The van der Waals surface area contributed by atoms with Gasteiger partial charge in [0.15, 0.2) is 0 Å². The normalized spacial score (nSPS) is 15.9. The second-order valence-corrected chi connectivity index (χ2v) is 7.92. The maximum atomic E-state index is 12.0. The molecule has 2 aromatic carbocycles. The van der Waals surface area contributed by atoms with Crippen molar-refractivity contribution >= 4 is 33.4 Å². The van der Waals surface area contributed by atoms with Gasteiger partial charge in [0.25, 0.3) is 15.7 Å². The summed E-state index contributed by atoms with van der Waals surface area (Å²) in [6.45, 7) is 2.31. The molecule has 0 radical (unpaired) electrons. The molecular formula is C18H16N4O7S. The van der Waals surface area contributed by atoms with Crippen molar-refractivity contribution in [3.63, 3.8) is 0 Å². The summed E-state index contributed by atoms with van der Waals surface area (Å²) in [6.07, 6.45) is -1.15. The number of nitro groups is 1. The topological polar surface area (TPSA) is 148 Å². The van der Waals surface area contributed by atoms with E-state index < -0.39 is 33.0 Å². The summed E-state index contributed by atoms with van der Waals surface area (Å²) in [6, 6.07) is 11.1. The summed E-state index contributed by atoms with van der Waals surface area (Å²) in [5.74, 6) is -1.25. The second kappa shape index (κ2) is 7.91. The Morgan fingerprint density at radius 3 is 2.33 bits per heavy atom. The number of nitrogens with zero attached hydrogens (tertiary/aromatic N) is 3. The van der Waals surface area contributed by atoms with Crippen LogP contribution in [-0.4, -0.2) is 36.1 Å². The molecule has 12 heteroatoms. The maximum Gasteiger partial charge on any atom is 0.278 e. The summed E-state index contributed by atoms with van der Waals surface area (Å²) in [4.78, 5) is 33.7. The molecular weight excluding hydrogens is 416 g/mol. The summed E-state index contributed by atoms with van der Waals surface area (Å²) < 4.78 is 31.7. The van der Waals surface area contributed by atoms with E-state index in [1.807, 2.05) is 4.72 Å². The molecule has 1 N–H and O–H groups in total. The summed E-state index contributed by atoms with van der Waals surface area (Å²) >= 11 is 0. The van der Waals surface area contributed by atoms with Crippen molar-refractivity contribution < 1.29 is 27.7 Å². The number of carbonyl (C=O) groups excluding carboxylic acids is 2. The average Bonchev–Trinajstić information content (AvgIpc) is 3.13. The van der Waals surface area contributed by atoms with Crippen LogP contribution in [0.3, 0.4) is 0 Å². The number of para-hydroxylation sites is 1. The molecule has 1 aliphatic rings. The molecule has 0 aromatic heterocycles. The number of hydrogen-bond donors (Lipinski definition) is 1. The van der Waals surface area contributed by atoms with Crippen molar-refractivity contribution in [1.29, 1.82) is 0 Å². The van der Waals surface area contributed by atoms with E-state index in [0.717, 1.165) is 11.9 Å². The fraction of sp³-hybridized carbons (Fsp3) is 0.167. The van der Waals surface area contributed by atoms with Crippen LogP contribution in [0, 0.1) is 10.1 Å². The van der Waals surface area contributed by atoms with Gasteiger partial charge in [0.05, 0.1) is 15.4 Å². The molecule has 0 saturated heterocycles. The zero-order chi connectivity index (χ0) is 22.1. The van der Waals surface area contributed by atoms with Gasteiger partial charge in [0.1, 0.15) is 0 Å². The monoisotopic (exact) mass is 432 g/mol. The van der Waals surface area contributed by atoms with Gasteiger partial charge in [-0.2, -0.15) is 5.01 Å². The molecule has 1 aliphatic heterocycles. The van der Waals surface area contributed by atoms with Crippen LogP contribution in [0.2, 0.25) is 0 Å². The fourth-order valence-corrected chi connectivity index (χ4v) is 3.76. The van der Waals surface area contributed by atoms with Gasteiger partial charge in [0, 0.05) is 25.5 Å². The lowest BCUT2D eigenvalue weighted by Gasteiger charge is -2.19. The van der Waals surface area contributed by atoms with E-state index in [2.05, 4.69) is 5.10 Å². The minimum absolute atomic E-state index is 0.0168. The Morgan fingerprint density at radius 2 is 1.77 bits per heavy atom. The number of amides is 2. The quantitative estimate of drug-likeness (QED) is 0.558. The van der Waals surface area contributed by atoms with Crippen LogP contribution in [0.25, 0.3) is 0 Å². The standard InChI is InChI=1S/C18H16N4O7S/c1-11(23)20-30(27,28)14-9-7-13(8-10-14)17-19-21(12(2)24)18(29-17)15-5-3-4-6-16(15)22(25)26/h3-10,18H,1-2H3,(H,20,23). The highest BCUT2D eigenvalue weighted by Gasteiger charge is 2.37. The maximum absolute atomic E-state index is 12.0. The first-order chi connectivity index (χ1) is 14.1. The molecule has 3 rings (SSSR count). The van der Waals surface area contributed by atoms with Crippen LogP contribution in [-0.2, 0) is 24.3 Å². The van der Waals surface area contributed by atoms with Crippen molar-refractivity contribution in [1.82, 2.24) is 9.73 Å². The number of hydrazone groups is 1. The number of nitro benzene ring substituents is 1. The van der Waals surface area contributed by atoms with Gasteiger partial charge in [-0.3, -0.25) is 19.7 Å². The van der Waals surface area contributed by atoms with Crippen LogP contribution < -0.4 is 4.72 Å². The Balaban J connectivity index is 1.93. The Bertz CT molecular complexity index is 1160. The van der Waals surface area contributed by atoms with E-state index >= 15 is 0 Å². The van der Waals surface area contributed by atoms with Crippen LogP contribution in [0.15, 0.2) is 58.5 Å². The highest BCUT2D eigenvalue weighted by molar-refractivity contribution is 7.90. The summed E-state index contributed by atoms with van der Waals surface area (Å²) in [5.41, 5.74) is 0.243. The van der Waals surface area contributed by atoms with Gasteiger partial charge in [-0.15, -0.1) is 5.10 Å². The van der Waals surface area contributed by atoms with Crippen molar-refractivity contribution in [3.8, 4) is 0 Å². The van der Waals surface area contributed by atoms with E-state index in [0.29, 0.717) is 5.56 Å². The van der Waals surface area contributed by atoms with E-state index in [1.165, 1.54) is 49.4 Å². The molecule has 1 unspecified atom stereocenters. The third kappa shape index (κ3) is 4.12. The molecule has 11 nitrogen and oxygen atoms in total. The van der Waals surface area contributed by atoms with Crippen LogP contribution in [0.1, 0.15) is 31.2 Å². The third-order valence-corrected chi connectivity index (χ3v) is 5.50. The Morgan fingerprint density at radius 1 is 1.13 bits per heavy atom. The number of nitrogens with one attached hydrogen (secondary N) is 1. The Labute approximate surface area is 171 Å². The van der Waals surface area contributed by atoms with Gasteiger partial charge in [-0.25, -0.2) is 13.1 Å². The minimum Gasteiger partial charge on any atom is -0.445 e. The molecule has 156 valence electrons. The predicted molar refractivity (Wildman–Crippen MR) is 103 cm³/mol. The lowest BCUT2D eigenvalue weighted by atomic mass is 10.1.